The molecular weight excluding hydrogens is 364 g/mol. The summed E-state index contributed by atoms with van der Waals surface area (Å²) in [6.45, 7) is 8.56. The fourth-order valence-corrected chi connectivity index (χ4v) is 4.73. The number of carbonyl (C=O) groups excluding carboxylic acids is 1. The van der Waals surface area contributed by atoms with Gasteiger partial charge in [0.25, 0.3) is 0 Å². The lowest BCUT2D eigenvalue weighted by atomic mass is 10.0. The molecule has 3 N–H and O–H groups in total. The molecule has 1 aliphatic rings. The smallest absolute Gasteiger partial charge is 0.222 e. The van der Waals surface area contributed by atoms with Crippen molar-refractivity contribution in [3.63, 3.8) is 0 Å². The van der Waals surface area contributed by atoms with Crippen LogP contribution in [0.2, 0.25) is 0 Å². The number of carbonyl (C=O) groups is 1. The van der Waals surface area contributed by atoms with Gasteiger partial charge >= 0.3 is 0 Å². The molecule has 0 spiro atoms. The van der Waals surface area contributed by atoms with E-state index >= 15 is 0 Å². The Bertz CT molecular complexity index is 561. The number of amides is 1. The number of nitrogens with zero attached hydrogens (tertiary/aromatic N) is 1. The maximum atomic E-state index is 12.0. The number of hydrogen-bond donors (Lipinski definition) is 3. The van der Waals surface area contributed by atoms with Crippen molar-refractivity contribution in [1.29, 1.82) is 0 Å². The van der Waals surface area contributed by atoms with E-state index in [0.717, 1.165) is 31.4 Å². The van der Waals surface area contributed by atoms with Crippen LogP contribution in [0.1, 0.15) is 65.7 Å². The molecule has 1 rings (SSSR count). The molecule has 1 aliphatic heterocycles. The first-order chi connectivity index (χ1) is 12.8. The molecule has 1 unspecified atom stereocenters. The molecule has 0 aromatic heterocycles. The largest absolute Gasteiger partial charge is 0.357 e. The quantitative estimate of drug-likeness (QED) is 0.263. The average Bonchev–Trinajstić information content (AvgIpc) is 2.92. The van der Waals surface area contributed by atoms with Gasteiger partial charge in [-0.15, -0.1) is 0 Å². The maximum absolute atomic E-state index is 12.0. The standard InChI is InChI=1S/C19H38N4O3S/c1-4-20-19(21-12-8-6-5-7-9-16(2)3)22-13-10-18(24)23-17-11-14-27(25,26)15-17/h16-17H,4-15H2,1-3H3,(H,23,24)(H2,20,21,22). The normalized spacial score (nSPS) is 19.3. The van der Waals surface area contributed by atoms with Crippen molar-refractivity contribution in [2.24, 2.45) is 10.9 Å². The first-order valence-electron chi connectivity index (χ1n) is 10.3. The van der Waals surface area contributed by atoms with Gasteiger partial charge in [0.1, 0.15) is 0 Å². The third kappa shape index (κ3) is 11.9. The molecule has 0 aromatic carbocycles. The summed E-state index contributed by atoms with van der Waals surface area (Å²) in [6, 6.07) is -0.236. The van der Waals surface area contributed by atoms with E-state index in [1.54, 1.807) is 0 Å². The molecular formula is C19H38N4O3S. The van der Waals surface area contributed by atoms with Gasteiger partial charge in [0.2, 0.25) is 5.91 Å². The molecule has 27 heavy (non-hydrogen) atoms. The summed E-state index contributed by atoms with van der Waals surface area (Å²) >= 11 is 0. The minimum Gasteiger partial charge on any atom is -0.357 e. The third-order valence-electron chi connectivity index (χ3n) is 4.55. The summed E-state index contributed by atoms with van der Waals surface area (Å²) in [6.07, 6.45) is 6.93. The summed E-state index contributed by atoms with van der Waals surface area (Å²) < 4.78 is 22.8. The van der Waals surface area contributed by atoms with Gasteiger partial charge in [-0.1, -0.05) is 39.5 Å². The first kappa shape index (κ1) is 23.7. The minimum absolute atomic E-state index is 0.0629. The predicted molar refractivity (Wildman–Crippen MR) is 112 cm³/mol. The van der Waals surface area contributed by atoms with Crippen molar-refractivity contribution in [1.82, 2.24) is 16.0 Å². The lowest BCUT2D eigenvalue weighted by Crippen LogP contribution is -2.41. The molecule has 8 heteroatoms. The molecule has 0 aliphatic carbocycles. The molecule has 0 radical (unpaired) electrons. The van der Waals surface area contributed by atoms with E-state index < -0.39 is 9.84 Å². The summed E-state index contributed by atoms with van der Waals surface area (Å²) in [5.41, 5.74) is 0. The monoisotopic (exact) mass is 402 g/mol. The zero-order chi connectivity index (χ0) is 20.1. The van der Waals surface area contributed by atoms with Crippen LogP contribution in [0.4, 0.5) is 0 Å². The van der Waals surface area contributed by atoms with Crippen LogP contribution < -0.4 is 16.0 Å². The zero-order valence-electron chi connectivity index (χ0n) is 17.2. The number of aliphatic imine (C=N–C) groups is 1. The van der Waals surface area contributed by atoms with Crippen LogP contribution in [0.3, 0.4) is 0 Å². The summed E-state index contributed by atoms with van der Waals surface area (Å²) in [5, 5.41) is 9.16. The minimum atomic E-state index is -2.97. The van der Waals surface area contributed by atoms with Crippen LogP contribution in [-0.4, -0.2) is 57.5 Å². The van der Waals surface area contributed by atoms with Crippen molar-refractivity contribution in [3.05, 3.63) is 0 Å². The second kappa shape index (κ2) is 13.0. The highest BCUT2D eigenvalue weighted by atomic mass is 32.2. The Morgan fingerprint density at radius 2 is 1.89 bits per heavy atom. The predicted octanol–water partition coefficient (Wildman–Crippen LogP) is 1.84. The van der Waals surface area contributed by atoms with Crippen LogP contribution in [-0.2, 0) is 14.6 Å². The Morgan fingerprint density at radius 3 is 2.52 bits per heavy atom. The van der Waals surface area contributed by atoms with Gasteiger partial charge in [0.15, 0.2) is 15.8 Å². The van der Waals surface area contributed by atoms with Gasteiger partial charge in [-0.2, -0.15) is 0 Å². The summed E-state index contributed by atoms with van der Waals surface area (Å²) in [7, 11) is -2.97. The van der Waals surface area contributed by atoms with E-state index in [2.05, 4.69) is 34.8 Å². The number of hydrogen-bond acceptors (Lipinski definition) is 4. The van der Waals surface area contributed by atoms with Gasteiger partial charge in [-0.3, -0.25) is 9.79 Å². The van der Waals surface area contributed by atoms with E-state index in [-0.39, 0.29) is 23.5 Å². The van der Waals surface area contributed by atoms with Crippen LogP contribution in [0, 0.1) is 5.92 Å². The van der Waals surface area contributed by atoms with Gasteiger partial charge in [0, 0.05) is 32.1 Å². The molecule has 7 nitrogen and oxygen atoms in total. The number of rotatable bonds is 12. The van der Waals surface area contributed by atoms with Crippen molar-refractivity contribution >= 4 is 21.7 Å². The van der Waals surface area contributed by atoms with Crippen molar-refractivity contribution in [3.8, 4) is 0 Å². The zero-order valence-corrected chi connectivity index (χ0v) is 18.0. The number of unbranched alkanes of at least 4 members (excludes halogenated alkanes) is 3. The van der Waals surface area contributed by atoms with Gasteiger partial charge in [-0.05, 0) is 25.7 Å². The lowest BCUT2D eigenvalue weighted by molar-refractivity contribution is -0.121. The van der Waals surface area contributed by atoms with Crippen LogP contribution in [0.25, 0.3) is 0 Å². The molecule has 0 aromatic rings. The molecule has 1 fully saturated rings. The van der Waals surface area contributed by atoms with Gasteiger partial charge in [-0.25, -0.2) is 8.42 Å². The number of guanidine groups is 1. The highest BCUT2D eigenvalue weighted by Crippen LogP contribution is 2.11. The van der Waals surface area contributed by atoms with Crippen LogP contribution >= 0.6 is 0 Å². The molecule has 1 atom stereocenters. The van der Waals surface area contributed by atoms with E-state index in [0.29, 0.717) is 19.4 Å². The Hall–Kier alpha value is -1.31. The average molecular weight is 403 g/mol. The molecule has 0 saturated carbocycles. The van der Waals surface area contributed by atoms with E-state index in [1.165, 1.54) is 25.7 Å². The highest BCUT2D eigenvalue weighted by molar-refractivity contribution is 7.91. The Labute approximate surface area is 165 Å². The second-order valence-corrected chi connectivity index (χ2v) is 9.93. The van der Waals surface area contributed by atoms with Crippen LogP contribution in [0.5, 0.6) is 0 Å². The first-order valence-corrected chi connectivity index (χ1v) is 12.2. The third-order valence-corrected chi connectivity index (χ3v) is 6.31. The van der Waals surface area contributed by atoms with Crippen molar-refractivity contribution in [2.75, 3.05) is 31.1 Å². The topological polar surface area (TPSA) is 99.7 Å². The fourth-order valence-electron chi connectivity index (χ4n) is 3.05. The second-order valence-electron chi connectivity index (χ2n) is 7.70. The van der Waals surface area contributed by atoms with Crippen molar-refractivity contribution in [2.45, 2.75) is 71.8 Å². The SMILES string of the molecule is CCNC(=NCCCCCCC(C)C)NCCC(=O)NC1CCS(=O)(=O)C1. The highest BCUT2D eigenvalue weighted by Gasteiger charge is 2.28. The molecule has 1 saturated heterocycles. The molecule has 0 bridgehead atoms. The summed E-state index contributed by atoms with van der Waals surface area (Å²) in [5.74, 6) is 1.63. The number of nitrogens with one attached hydrogen (secondary N) is 3. The Kier molecular flexibility index (Phi) is 11.4. The lowest BCUT2D eigenvalue weighted by Gasteiger charge is -2.13. The van der Waals surface area contributed by atoms with Gasteiger partial charge in [0.05, 0.1) is 11.5 Å². The van der Waals surface area contributed by atoms with E-state index in [9.17, 15) is 13.2 Å². The molecule has 1 heterocycles. The molecule has 158 valence electrons. The molecule has 1 amide bonds. The van der Waals surface area contributed by atoms with Crippen molar-refractivity contribution < 1.29 is 13.2 Å². The van der Waals surface area contributed by atoms with Crippen LogP contribution in [0.15, 0.2) is 4.99 Å². The fraction of sp³-hybridized carbons (Fsp3) is 0.895. The maximum Gasteiger partial charge on any atom is 0.222 e. The number of sulfone groups is 1. The van der Waals surface area contributed by atoms with Gasteiger partial charge < -0.3 is 16.0 Å². The van der Waals surface area contributed by atoms with E-state index in [4.69, 9.17) is 0 Å². The Morgan fingerprint density at radius 1 is 1.15 bits per heavy atom. The Balaban J connectivity index is 2.18. The van der Waals surface area contributed by atoms with E-state index in [1.807, 2.05) is 6.92 Å². The summed E-state index contributed by atoms with van der Waals surface area (Å²) in [4.78, 5) is 16.5.